The molecule has 0 aliphatic heterocycles. The maximum atomic E-state index is 13.3. The third-order valence-corrected chi connectivity index (χ3v) is 4.55. The van der Waals surface area contributed by atoms with Gasteiger partial charge in [0.15, 0.2) is 5.78 Å². The number of hydrogen-bond donors (Lipinski definition) is 0. The lowest BCUT2D eigenvalue weighted by molar-refractivity contribution is 0.0964. The lowest BCUT2D eigenvalue weighted by Gasteiger charge is -2.12. The van der Waals surface area contributed by atoms with Gasteiger partial charge in [0.25, 0.3) is 5.91 Å². The highest BCUT2D eigenvalue weighted by Crippen LogP contribution is 2.28. The first-order chi connectivity index (χ1) is 12.7. The Balaban J connectivity index is 1.93. The molecule has 0 amide bonds. The van der Waals surface area contributed by atoms with E-state index in [1.807, 2.05) is 72.8 Å². The normalized spacial score (nSPS) is 10.8. The fraction of sp³-hybridized carbons (Fsp3) is 0.0435. The number of benzene rings is 3. The van der Waals surface area contributed by atoms with Crippen LogP contribution in [0.1, 0.15) is 27.6 Å². The summed E-state index contributed by atoms with van der Waals surface area (Å²) < 4.78 is 1.58. The van der Waals surface area contributed by atoms with Crippen molar-refractivity contribution >= 4 is 22.5 Å². The number of ketones is 1. The van der Waals surface area contributed by atoms with Crippen LogP contribution in [-0.2, 0) is 0 Å². The van der Waals surface area contributed by atoms with E-state index in [-0.39, 0.29) is 11.7 Å². The maximum absolute atomic E-state index is 13.3. The van der Waals surface area contributed by atoms with Crippen molar-refractivity contribution in [3.8, 4) is 11.3 Å². The third-order valence-electron chi connectivity index (χ3n) is 4.55. The summed E-state index contributed by atoms with van der Waals surface area (Å²) in [4.78, 5) is 25.4. The van der Waals surface area contributed by atoms with Gasteiger partial charge in [-0.15, -0.1) is 0 Å². The maximum Gasteiger partial charge on any atom is 0.263 e. The first-order valence-corrected chi connectivity index (χ1v) is 8.47. The largest absolute Gasteiger partial charge is 0.294 e. The van der Waals surface area contributed by atoms with E-state index in [1.54, 1.807) is 16.8 Å². The molecule has 26 heavy (non-hydrogen) atoms. The predicted molar refractivity (Wildman–Crippen MR) is 104 cm³/mol. The van der Waals surface area contributed by atoms with Crippen molar-refractivity contribution in [3.05, 3.63) is 96.2 Å². The van der Waals surface area contributed by atoms with E-state index in [2.05, 4.69) is 0 Å². The molecule has 0 fully saturated rings. The van der Waals surface area contributed by atoms with Crippen molar-refractivity contribution in [2.75, 3.05) is 0 Å². The SMILES string of the molecule is CC(=O)c1ccn(C(=O)c2cccc3ccccc23)c1-c1ccccc1. The van der Waals surface area contributed by atoms with Gasteiger partial charge < -0.3 is 0 Å². The Morgan fingerprint density at radius 1 is 0.731 bits per heavy atom. The summed E-state index contributed by atoms with van der Waals surface area (Å²) in [7, 11) is 0. The average molecular weight is 339 g/mol. The molecule has 0 aliphatic carbocycles. The van der Waals surface area contributed by atoms with Crippen LogP contribution in [0.3, 0.4) is 0 Å². The van der Waals surface area contributed by atoms with E-state index in [1.165, 1.54) is 6.92 Å². The molecule has 0 saturated carbocycles. The Bertz CT molecular complexity index is 1120. The summed E-state index contributed by atoms with van der Waals surface area (Å²) >= 11 is 0. The van der Waals surface area contributed by atoms with E-state index >= 15 is 0 Å². The quantitative estimate of drug-likeness (QED) is 0.481. The molecule has 0 radical (unpaired) electrons. The standard InChI is InChI=1S/C23H17NO2/c1-16(25)19-14-15-24(22(19)18-9-3-2-4-10-18)23(26)21-13-7-11-17-8-5-6-12-20(17)21/h2-15H,1H3. The van der Waals surface area contributed by atoms with Gasteiger partial charge in [-0.05, 0) is 35.4 Å². The number of carbonyl (C=O) groups is 2. The van der Waals surface area contributed by atoms with Gasteiger partial charge in [-0.2, -0.15) is 0 Å². The lowest BCUT2D eigenvalue weighted by Crippen LogP contribution is -2.13. The highest BCUT2D eigenvalue weighted by molar-refractivity contribution is 6.11. The number of fused-ring (bicyclic) bond motifs is 1. The van der Waals surface area contributed by atoms with Crippen LogP contribution < -0.4 is 0 Å². The van der Waals surface area contributed by atoms with Gasteiger partial charge in [-0.3, -0.25) is 14.2 Å². The van der Waals surface area contributed by atoms with Crippen molar-refractivity contribution < 1.29 is 9.59 Å². The van der Waals surface area contributed by atoms with Gasteiger partial charge in [0.05, 0.1) is 5.69 Å². The lowest BCUT2D eigenvalue weighted by atomic mass is 10.0. The van der Waals surface area contributed by atoms with Crippen LogP contribution >= 0.6 is 0 Å². The highest BCUT2D eigenvalue weighted by Gasteiger charge is 2.20. The number of nitrogens with zero attached hydrogens (tertiary/aromatic N) is 1. The zero-order valence-corrected chi connectivity index (χ0v) is 14.3. The van der Waals surface area contributed by atoms with Gasteiger partial charge >= 0.3 is 0 Å². The molecular formula is C23H17NO2. The minimum Gasteiger partial charge on any atom is -0.294 e. The Labute approximate surface area is 151 Å². The van der Waals surface area contributed by atoms with Gasteiger partial charge in [-0.1, -0.05) is 66.7 Å². The first kappa shape index (κ1) is 16.0. The Morgan fingerprint density at radius 3 is 2.19 bits per heavy atom. The molecule has 0 unspecified atom stereocenters. The third kappa shape index (κ3) is 2.64. The van der Waals surface area contributed by atoms with E-state index in [9.17, 15) is 9.59 Å². The topological polar surface area (TPSA) is 39.1 Å². The van der Waals surface area contributed by atoms with E-state index < -0.39 is 0 Å². The van der Waals surface area contributed by atoms with Crippen LogP contribution in [0.15, 0.2) is 85.1 Å². The monoisotopic (exact) mass is 339 g/mol. The molecule has 0 spiro atoms. The molecule has 3 aromatic carbocycles. The highest BCUT2D eigenvalue weighted by atomic mass is 16.2. The summed E-state index contributed by atoms with van der Waals surface area (Å²) in [6.07, 6.45) is 1.68. The van der Waals surface area contributed by atoms with Crippen molar-refractivity contribution in [2.24, 2.45) is 0 Å². The van der Waals surface area contributed by atoms with Gasteiger partial charge in [0, 0.05) is 17.3 Å². The molecule has 0 atom stereocenters. The van der Waals surface area contributed by atoms with Gasteiger partial charge in [-0.25, -0.2) is 0 Å². The average Bonchev–Trinajstić information content (AvgIpc) is 3.13. The predicted octanol–water partition coefficient (Wildman–Crippen LogP) is 5.20. The second-order valence-electron chi connectivity index (χ2n) is 6.20. The Hall–Kier alpha value is -3.46. The summed E-state index contributed by atoms with van der Waals surface area (Å²) in [5, 5.41) is 1.91. The summed E-state index contributed by atoms with van der Waals surface area (Å²) in [5.74, 6) is -0.207. The second-order valence-corrected chi connectivity index (χ2v) is 6.20. The fourth-order valence-corrected chi connectivity index (χ4v) is 3.32. The minimum atomic E-state index is -0.145. The zero-order valence-electron chi connectivity index (χ0n) is 14.3. The van der Waals surface area contributed by atoms with Crippen LogP contribution in [0.2, 0.25) is 0 Å². The molecule has 1 heterocycles. The molecule has 3 heteroatoms. The van der Waals surface area contributed by atoms with Crippen LogP contribution in [0.25, 0.3) is 22.0 Å². The number of Topliss-reactive ketones (excluding diaryl/α,β-unsaturated/α-hetero) is 1. The van der Waals surface area contributed by atoms with Crippen LogP contribution in [0.4, 0.5) is 0 Å². The number of rotatable bonds is 3. The fourth-order valence-electron chi connectivity index (χ4n) is 3.32. The molecule has 0 aliphatic rings. The van der Waals surface area contributed by atoms with Crippen LogP contribution in [0, 0.1) is 0 Å². The molecule has 3 nitrogen and oxygen atoms in total. The van der Waals surface area contributed by atoms with Crippen LogP contribution in [0.5, 0.6) is 0 Å². The van der Waals surface area contributed by atoms with Crippen molar-refractivity contribution in [1.29, 1.82) is 0 Å². The first-order valence-electron chi connectivity index (χ1n) is 8.47. The molecule has 1 aromatic heterocycles. The summed E-state index contributed by atoms with van der Waals surface area (Å²) in [6, 6.07) is 24.8. The number of aromatic nitrogens is 1. The van der Waals surface area contributed by atoms with Gasteiger partial charge in [0.2, 0.25) is 0 Å². The van der Waals surface area contributed by atoms with Gasteiger partial charge in [0.1, 0.15) is 0 Å². The smallest absolute Gasteiger partial charge is 0.263 e. The van der Waals surface area contributed by atoms with Crippen molar-refractivity contribution in [3.63, 3.8) is 0 Å². The van der Waals surface area contributed by atoms with E-state index in [4.69, 9.17) is 0 Å². The molecule has 126 valence electrons. The molecule has 4 aromatic rings. The summed E-state index contributed by atoms with van der Waals surface area (Å²) in [6.45, 7) is 1.52. The Morgan fingerprint density at radius 2 is 1.42 bits per heavy atom. The van der Waals surface area contributed by atoms with Crippen molar-refractivity contribution in [1.82, 2.24) is 4.57 Å². The second kappa shape index (κ2) is 6.45. The molecule has 0 N–H and O–H groups in total. The number of carbonyl (C=O) groups excluding carboxylic acids is 2. The summed E-state index contributed by atoms with van der Waals surface area (Å²) in [5.41, 5.74) is 2.64. The van der Waals surface area contributed by atoms with Crippen molar-refractivity contribution in [2.45, 2.75) is 6.92 Å². The van der Waals surface area contributed by atoms with E-state index in [0.717, 1.165) is 16.3 Å². The zero-order chi connectivity index (χ0) is 18.1. The molecule has 0 saturated heterocycles. The molecule has 4 rings (SSSR count). The van der Waals surface area contributed by atoms with E-state index in [0.29, 0.717) is 16.8 Å². The molecular weight excluding hydrogens is 322 g/mol. The number of hydrogen-bond acceptors (Lipinski definition) is 2. The molecule has 0 bridgehead atoms. The minimum absolute atomic E-state index is 0.0617. The van der Waals surface area contributed by atoms with Crippen LogP contribution in [-0.4, -0.2) is 16.3 Å². The Kier molecular flexibility index (Phi) is 3.98.